The fraction of sp³-hybridized carbons (Fsp3) is 0.600. The van der Waals surface area contributed by atoms with Crippen molar-refractivity contribution in [1.29, 1.82) is 0 Å². The molecule has 108 valence electrons. The van der Waals surface area contributed by atoms with Gasteiger partial charge in [-0.05, 0) is 11.6 Å². The van der Waals surface area contributed by atoms with Crippen LogP contribution in [0.25, 0.3) is 0 Å². The van der Waals surface area contributed by atoms with Crippen molar-refractivity contribution in [2.45, 2.75) is 29.2 Å². The van der Waals surface area contributed by atoms with E-state index in [0.29, 0.717) is 5.71 Å². The van der Waals surface area contributed by atoms with Gasteiger partial charge in [-0.25, -0.2) is 15.0 Å². The molecule has 1 fully saturated rings. The lowest BCUT2D eigenvalue weighted by molar-refractivity contribution is -0.126. The molecule has 0 radical (unpaired) electrons. The third-order valence-electron chi connectivity index (χ3n) is 3.37. The first-order valence-electron chi connectivity index (χ1n) is 5.83. The number of aliphatic hydroxyl groups excluding tert-OH is 2. The Kier molecular flexibility index (Phi) is 3.43. The first-order valence-corrected chi connectivity index (χ1v) is 6.73. The van der Waals surface area contributed by atoms with E-state index >= 15 is 0 Å². The number of nitrogens with two attached hydrogens (primary N) is 1. The molecule has 3 aliphatic heterocycles. The standard InChI is InChI=1S/C10H12ClN5O3S/c11-9-15-8-6(13-2-14-8)10(12,16-9)7-5(20)4(18)3(17)1-19-7/h2-5,7,17-18,20H,1,12H2/t3-,4-,5+,7?,10?/m0/s1. The summed E-state index contributed by atoms with van der Waals surface area (Å²) in [6.45, 7) is -0.0877. The zero-order chi connectivity index (χ0) is 14.5. The number of thiol groups is 1. The van der Waals surface area contributed by atoms with Gasteiger partial charge in [0.15, 0.2) is 11.5 Å². The number of nitrogens with zero attached hydrogens (tertiary/aromatic N) is 4. The molecule has 1 saturated heterocycles. The van der Waals surface area contributed by atoms with Gasteiger partial charge in [-0.3, -0.25) is 5.73 Å². The predicted molar refractivity (Wildman–Crippen MR) is 78.1 cm³/mol. The second kappa shape index (κ2) is 4.86. The van der Waals surface area contributed by atoms with Crippen molar-refractivity contribution >= 4 is 47.4 Å². The van der Waals surface area contributed by atoms with Crippen LogP contribution in [0.2, 0.25) is 0 Å². The number of fused-ring (bicyclic) bond motifs is 1. The summed E-state index contributed by atoms with van der Waals surface area (Å²) in [5, 5.41) is 18.7. The summed E-state index contributed by atoms with van der Waals surface area (Å²) in [6.07, 6.45) is -1.67. The molecule has 3 aliphatic rings. The molecule has 20 heavy (non-hydrogen) atoms. The van der Waals surface area contributed by atoms with Crippen LogP contribution in [0.1, 0.15) is 0 Å². The first-order chi connectivity index (χ1) is 9.43. The second-order valence-corrected chi connectivity index (χ2v) is 5.60. The van der Waals surface area contributed by atoms with Gasteiger partial charge >= 0.3 is 0 Å². The lowest BCUT2D eigenvalue weighted by Gasteiger charge is -2.43. The number of hydrogen-bond donors (Lipinski definition) is 4. The van der Waals surface area contributed by atoms with E-state index in [9.17, 15) is 10.2 Å². The Morgan fingerprint density at radius 1 is 1.50 bits per heavy atom. The summed E-state index contributed by atoms with van der Waals surface area (Å²) in [4.78, 5) is 16.0. The number of aliphatic hydroxyl groups is 2. The van der Waals surface area contributed by atoms with Gasteiger partial charge in [0.1, 0.15) is 24.3 Å². The first kappa shape index (κ1) is 14.1. The van der Waals surface area contributed by atoms with E-state index < -0.39 is 29.2 Å². The van der Waals surface area contributed by atoms with Gasteiger partial charge in [-0.15, -0.1) is 0 Å². The van der Waals surface area contributed by atoms with Gasteiger partial charge < -0.3 is 14.9 Å². The van der Waals surface area contributed by atoms with E-state index in [1.54, 1.807) is 0 Å². The van der Waals surface area contributed by atoms with E-state index in [2.05, 4.69) is 32.6 Å². The predicted octanol–water partition coefficient (Wildman–Crippen LogP) is -1.45. The molecule has 5 atom stereocenters. The molecule has 10 heteroatoms. The van der Waals surface area contributed by atoms with E-state index in [1.165, 1.54) is 6.34 Å². The maximum Gasteiger partial charge on any atom is 0.222 e. The molecular formula is C10H12ClN5O3S. The summed E-state index contributed by atoms with van der Waals surface area (Å²) in [5.74, 6) is 0.261. The molecular weight excluding hydrogens is 306 g/mol. The number of halogens is 1. The van der Waals surface area contributed by atoms with Crippen molar-refractivity contribution < 1.29 is 14.9 Å². The molecule has 0 saturated carbocycles. The van der Waals surface area contributed by atoms with Crippen LogP contribution < -0.4 is 5.73 Å². The minimum Gasteiger partial charge on any atom is -0.389 e. The summed E-state index contributed by atoms with van der Waals surface area (Å²) < 4.78 is 5.50. The highest BCUT2D eigenvalue weighted by Gasteiger charge is 2.53. The number of ether oxygens (including phenoxy) is 1. The van der Waals surface area contributed by atoms with Crippen molar-refractivity contribution in [3.05, 3.63) is 0 Å². The van der Waals surface area contributed by atoms with Crippen LogP contribution >= 0.6 is 24.2 Å². The van der Waals surface area contributed by atoms with Crippen molar-refractivity contribution in [1.82, 2.24) is 0 Å². The fourth-order valence-electron chi connectivity index (χ4n) is 2.33. The van der Waals surface area contributed by atoms with Crippen LogP contribution in [0, 0.1) is 0 Å². The molecule has 3 heterocycles. The van der Waals surface area contributed by atoms with Crippen LogP contribution in [0.5, 0.6) is 0 Å². The Hall–Kier alpha value is -0.840. The van der Waals surface area contributed by atoms with Crippen molar-refractivity contribution in [2.75, 3.05) is 6.61 Å². The fourth-order valence-corrected chi connectivity index (χ4v) is 3.07. The molecule has 0 bridgehead atoms. The largest absolute Gasteiger partial charge is 0.389 e. The third-order valence-corrected chi connectivity index (χ3v) is 4.11. The van der Waals surface area contributed by atoms with Crippen LogP contribution in [-0.4, -0.2) is 69.2 Å². The maximum atomic E-state index is 9.92. The highest BCUT2D eigenvalue weighted by atomic mass is 35.5. The average Bonchev–Trinajstić information content (AvgIpc) is 2.84. The third kappa shape index (κ3) is 2.01. The van der Waals surface area contributed by atoms with Gasteiger partial charge in [-0.2, -0.15) is 17.6 Å². The number of amidine groups is 2. The Labute approximate surface area is 124 Å². The van der Waals surface area contributed by atoms with E-state index in [1.807, 2.05) is 0 Å². The summed E-state index contributed by atoms with van der Waals surface area (Å²) in [6, 6.07) is 0. The number of aliphatic imine (C=N–C) groups is 4. The Balaban J connectivity index is 1.98. The van der Waals surface area contributed by atoms with Gasteiger partial charge in [0.25, 0.3) is 0 Å². The molecule has 0 aromatic carbocycles. The summed E-state index contributed by atoms with van der Waals surface area (Å²) in [7, 11) is 0. The average molecular weight is 318 g/mol. The lowest BCUT2D eigenvalue weighted by Crippen LogP contribution is -2.67. The molecule has 0 amide bonds. The molecule has 0 aromatic rings. The summed E-state index contributed by atoms with van der Waals surface area (Å²) >= 11 is 10.1. The van der Waals surface area contributed by atoms with Gasteiger partial charge in [0.2, 0.25) is 5.29 Å². The van der Waals surface area contributed by atoms with E-state index in [4.69, 9.17) is 22.1 Å². The normalized spacial score (nSPS) is 43.8. The molecule has 3 rings (SSSR count). The molecule has 0 aliphatic carbocycles. The minimum absolute atomic E-state index is 0.0785. The molecule has 8 nitrogen and oxygen atoms in total. The van der Waals surface area contributed by atoms with Crippen molar-refractivity contribution in [3.8, 4) is 0 Å². The lowest BCUT2D eigenvalue weighted by atomic mass is 9.89. The SMILES string of the molecule is NC1(C2OC[C@H](O)[C@H](O)[C@H]2S)N=C(Cl)N=C2N=CN=C21. The van der Waals surface area contributed by atoms with Crippen LogP contribution in [0.15, 0.2) is 20.0 Å². The Morgan fingerprint density at radius 2 is 2.25 bits per heavy atom. The number of hydrogen-bond acceptors (Lipinski definition) is 9. The van der Waals surface area contributed by atoms with Crippen LogP contribution in [-0.2, 0) is 4.74 Å². The summed E-state index contributed by atoms with van der Waals surface area (Å²) in [5.41, 5.74) is 5.12. The number of rotatable bonds is 1. The van der Waals surface area contributed by atoms with Gasteiger partial charge in [0.05, 0.1) is 18.0 Å². The van der Waals surface area contributed by atoms with Gasteiger partial charge in [0, 0.05) is 0 Å². The molecule has 0 spiro atoms. The van der Waals surface area contributed by atoms with E-state index in [-0.39, 0.29) is 17.7 Å². The molecule has 2 unspecified atom stereocenters. The minimum atomic E-state index is -1.46. The second-order valence-electron chi connectivity index (χ2n) is 4.67. The Morgan fingerprint density at radius 3 is 3.00 bits per heavy atom. The topological polar surface area (TPSA) is 125 Å². The quantitative estimate of drug-likeness (QED) is 0.349. The molecule has 4 N–H and O–H groups in total. The van der Waals surface area contributed by atoms with E-state index in [0.717, 1.165) is 0 Å². The molecule has 0 aromatic heterocycles. The smallest absolute Gasteiger partial charge is 0.222 e. The monoisotopic (exact) mass is 317 g/mol. The maximum absolute atomic E-state index is 9.92. The van der Waals surface area contributed by atoms with Crippen LogP contribution in [0.3, 0.4) is 0 Å². The highest BCUT2D eigenvalue weighted by molar-refractivity contribution is 7.81. The van der Waals surface area contributed by atoms with Crippen molar-refractivity contribution in [3.63, 3.8) is 0 Å². The van der Waals surface area contributed by atoms with Crippen LogP contribution in [0.4, 0.5) is 0 Å². The van der Waals surface area contributed by atoms with Crippen molar-refractivity contribution in [2.24, 2.45) is 25.7 Å². The Bertz CT molecular complexity index is 565. The zero-order valence-electron chi connectivity index (χ0n) is 10.1. The highest BCUT2D eigenvalue weighted by Crippen LogP contribution is 2.32. The van der Waals surface area contributed by atoms with Gasteiger partial charge in [-0.1, -0.05) is 0 Å². The zero-order valence-corrected chi connectivity index (χ0v) is 11.7.